The Kier molecular flexibility index (Phi) is 7.11. The first-order valence-corrected chi connectivity index (χ1v) is 7.63. The molecule has 126 valence electrons. The van der Waals surface area contributed by atoms with Crippen LogP contribution in [0, 0.1) is 20.2 Å². The molecule has 0 aliphatic rings. The first-order chi connectivity index (χ1) is 11.0. The second-order valence-corrected chi connectivity index (χ2v) is 5.23. The smallest absolute Gasteiger partial charge is 0.300 e. The summed E-state index contributed by atoms with van der Waals surface area (Å²) < 4.78 is 0. The van der Waals surface area contributed by atoms with Crippen LogP contribution >= 0.6 is 0 Å². The van der Waals surface area contributed by atoms with E-state index in [0.29, 0.717) is 19.4 Å². The summed E-state index contributed by atoms with van der Waals surface area (Å²) in [6, 6.07) is 2.19. The van der Waals surface area contributed by atoms with E-state index in [9.17, 15) is 25.0 Å². The number of benzene rings is 1. The van der Waals surface area contributed by atoms with Crippen LogP contribution in [-0.2, 0) is 0 Å². The van der Waals surface area contributed by atoms with Crippen molar-refractivity contribution in [2.24, 2.45) is 0 Å². The lowest BCUT2D eigenvalue weighted by atomic mass is 10.1. The van der Waals surface area contributed by atoms with Crippen molar-refractivity contribution in [2.75, 3.05) is 18.0 Å². The Labute approximate surface area is 134 Å². The molecule has 8 heteroatoms. The van der Waals surface area contributed by atoms with E-state index in [1.807, 2.05) is 13.8 Å². The molecule has 0 bridgehead atoms. The van der Waals surface area contributed by atoms with Crippen molar-refractivity contribution in [3.63, 3.8) is 0 Å². The topological polar surface area (TPSA) is 107 Å². The lowest BCUT2D eigenvalue weighted by molar-refractivity contribution is -0.392. The number of nitrogens with zero attached hydrogens (tertiary/aromatic N) is 3. The Bertz CT molecular complexity index is 545. The van der Waals surface area contributed by atoms with Gasteiger partial charge in [-0.2, -0.15) is 0 Å². The van der Waals surface area contributed by atoms with Gasteiger partial charge in [-0.25, -0.2) is 0 Å². The maximum atomic E-state index is 11.4. The lowest BCUT2D eigenvalue weighted by Gasteiger charge is -2.24. The average Bonchev–Trinajstić information content (AvgIpc) is 2.53. The first kappa shape index (κ1) is 18.5. The van der Waals surface area contributed by atoms with Crippen LogP contribution in [0.15, 0.2) is 12.1 Å². The Balaban J connectivity index is 3.49. The molecule has 1 rings (SSSR count). The van der Waals surface area contributed by atoms with Crippen LogP contribution in [0.5, 0.6) is 0 Å². The molecule has 0 heterocycles. The summed E-state index contributed by atoms with van der Waals surface area (Å²) >= 11 is 0. The van der Waals surface area contributed by atoms with Crippen LogP contribution in [0.25, 0.3) is 0 Å². The predicted molar refractivity (Wildman–Crippen MR) is 87.2 cm³/mol. The average molecular weight is 323 g/mol. The van der Waals surface area contributed by atoms with Gasteiger partial charge in [0.05, 0.1) is 9.85 Å². The standard InChI is InChI=1S/C15H21N3O5/c1-3-5-7-16(8-6-4-2)15-13(17(20)21)9-12(11-19)10-14(15)18(22)23/h9-11H,3-8H2,1-2H3. The molecule has 8 nitrogen and oxygen atoms in total. The number of unbranched alkanes of at least 4 members (excludes halogenated alkanes) is 2. The van der Waals surface area contributed by atoms with Gasteiger partial charge in [-0.05, 0) is 12.8 Å². The highest BCUT2D eigenvalue weighted by molar-refractivity contribution is 5.85. The summed E-state index contributed by atoms with van der Waals surface area (Å²) in [7, 11) is 0. The molecule has 1 aromatic rings. The van der Waals surface area contributed by atoms with Gasteiger partial charge in [0.2, 0.25) is 0 Å². The maximum absolute atomic E-state index is 11.4. The zero-order valence-corrected chi connectivity index (χ0v) is 13.4. The van der Waals surface area contributed by atoms with Crippen LogP contribution in [0.3, 0.4) is 0 Å². The van der Waals surface area contributed by atoms with Crippen molar-refractivity contribution in [1.29, 1.82) is 0 Å². The predicted octanol–water partition coefficient (Wildman–Crippen LogP) is 3.72. The molecule has 0 spiro atoms. The van der Waals surface area contributed by atoms with Crippen LogP contribution in [0.2, 0.25) is 0 Å². The van der Waals surface area contributed by atoms with Crippen molar-refractivity contribution in [1.82, 2.24) is 0 Å². The molecular weight excluding hydrogens is 302 g/mol. The van der Waals surface area contributed by atoms with Gasteiger partial charge in [0.1, 0.15) is 0 Å². The fourth-order valence-electron chi connectivity index (χ4n) is 2.33. The summed E-state index contributed by atoms with van der Waals surface area (Å²) in [6.45, 7) is 4.96. The highest BCUT2D eigenvalue weighted by atomic mass is 16.6. The number of hydrogen-bond donors (Lipinski definition) is 0. The van der Waals surface area contributed by atoms with Gasteiger partial charge in [-0.3, -0.25) is 25.0 Å². The van der Waals surface area contributed by atoms with E-state index in [-0.39, 0.29) is 11.3 Å². The molecule has 0 fully saturated rings. The van der Waals surface area contributed by atoms with Crippen LogP contribution in [0.4, 0.5) is 17.1 Å². The van der Waals surface area contributed by atoms with E-state index in [0.717, 1.165) is 37.8 Å². The molecule has 23 heavy (non-hydrogen) atoms. The highest BCUT2D eigenvalue weighted by Crippen LogP contribution is 2.38. The van der Waals surface area contributed by atoms with Crippen molar-refractivity contribution >= 4 is 23.3 Å². The number of nitro benzene ring substituents is 2. The molecule has 0 radical (unpaired) electrons. The summed E-state index contributed by atoms with van der Waals surface area (Å²) in [4.78, 5) is 34.0. The molecule has 0 unspecified atom stereocenters. The van der Waals surface area contributed by atoms with Gasteiger partial charge in [-0.1, -0.05) is 26.7 Å². The molecule has 0 aliphatic heterocycles. The SMILES string of the molecule is CCCCN(CCCC)c1c([N+](=O)[O-])cc(C=O)cc1[N+](=O)[O-]. The van der Waals surface area contributed by atoms with E-state index in [2.05, 4.69) is 0 Å². The Morgan fingerprint density at radius 1 is 1.00 bits per heavy atom. The number of rotatable bonds is 10. The number of carbonyl (C=O) groups excluding carboxylic acids is 1. The Morgan fingerprint density at radius 2 is 1.43 bits per heavy atom. The summed E-state index contributed by atoms with van der Waals surface area (Å²) in [5.41, 5.74) is -0.868. The van der Waals surface area contributed by atoms with E-state index < -0.39 is 21.2 Å². The number of carbonyl (C=O) groups is 1. The third-order valence-corrected chi connectivity index (χ3v) is 3.50. The van der Waals surface area contributed by atoms with Gasteiger partial charge in [0.15, 0.2) is 12.0 Å². The largest absolute Gasteiger partial charge is 0.360 e. The summed E-state index contributed by atoms with van der Waals surface area (Å²) in [6.07, 6.45) is 3.67. The molecule has 0 N–H and O–H groups in total. The zero-order valence-electron chi connectivity index (χ0n) is 13.4. The fourth-order valence-corrected chi connectivity index (χ4v) is 2.33. The van der Waals surface area contributed by atoms with Gasteiger partial charge in [-0.15, -0.1) is 0 Å². The van der Waals surface area contributed by atoms with E-state index in [4.69, 9.17) is 0 Å². The summed E-state index contributed by atoms with van der Waals surface area (Å²) in [5, 5.41) is 22.7. The number of nitro groups is 2. The minimum Gasteiger partial charge on any atom is -0.360 e. The fraction of sp³-hybridized carbons (Fsp3) is 0.533. The molecule has 0 saturated carbocycles. The number of hydrogen-bond acceptors (Lipinski definition) is 6. The molecule has 0 amide bonds. The summed E-state index contributed by atoms with van der Waals surface area (Å²) in [5.74, 6) is 0. The van der Waals surface area contributed by atoms with Crippen LogP contribution in [0.1, 0.15) is 49.9 Å². The molecule has 1 aromatic carbocycles. The third-order valence-electron chi connectivity index (χ3n) is 3.50. The van der Waals surface area contributed by atoms with E-state index in [1.54, 1.807) is 4.90 Å². The number of aldehydes is 1. The van der Waals surface area contributed by atoms with Gasteiger partial charge in [0.25, 0.3) is 11.4 Å². The van der Waals surface area contributed by atoms with Gasteiger partial charge >= 0.3 is 0 Å². The number of anilines is 1. The van der Waals surface area contributed by atoms with Gasteiger partial charge < -0.3 is 4.90 Å². The third kappa shape index (κ3) is 4.73. The van der Waals surface area contributed by atoms with Crippen molar-refractivity contribution in [3.05, 3.63) is 37.9 Å². The Morgan fingerprint density at radius 3 is 1.74 bits per heavy atom. The second kappa shape index (κ2) is 8.82. The first-order valence-electron chi connectivity index (χ1n) is 7.63. The molecular formula is C15H21N3O5. The minimum absolute atomic E-state index is 0.00694. The Hall–Kier alpha value is -2.51. The van der Waals surface area contributed by atoms with Crippen LogP contribution < -0.4 is 4.90 Å². The minimum atomic E-state index is -0.666. The van der Waals surface area contributed by atoms with Gasteiger partial charge in [0, 0.05) is 30.8 Å². The molecule has 0 aliphatic carbocycles. The van der Waals surface area contributed by atoms with E-state index >= 15 is 0 Å². The molecule has 0 aromatic heterocycles. The second-order valence-electron chi connectivity index (χ2n) is 5.23. The maximum Gasteiger partial charge on any atom is 0.300 e. The monoisotopic (exact) mass is 323 g/mol. The van der Waals surface area contributed by atoms with Crippen molar-refractivity contribution in [3.8, 4) is 0 Å². The highest BCUT2D eigenvalue weighted by Gasteiger charge is 2.30. The molecule has 0 saturated heterocycles. The van der Waals surface area contributed by atoms with Crippen molar-refractivity contribution in [2.45, 2.75) is 39.5 Å². The normalized spacial score (nSPS) is 10.3. The lowest BCUT2D eigenvalue weighted by Crippen LogP contribution is -2.27. The van der Waals surface area contributed by atoms with E-state index in [1.165, 1.54) is 0 Å². The van der Waals surface area contributed by atoms with Crippen LogP contribution in [-0.4, -0.2) is 29.2 Å². The molecule has 0 atom stereocenters. The van der Waals surface area contributed by atoms with Crippen molar-refractivity contribution < 1.29 is 14.6 Å². The quantitative estimate of drug-likeness (QED) is 0.369. The zero-order chi connectivity index (χ0) is 17.4.